The van der Waals surface area contributed by atoms with Gasteiger partial charge in [-0.3, -0.25) is 4.98 Å². The van der Waals surface area contributed by atoms with Gasteiger partial charge in [-0.1, -0.05) is 6.92 Å². The van der Waals surface area contributed by atoms with E-state index in [2.05, 4.69) is 28.6 Å². The molecule has 2 atom stereocenters. The van der Waals surface area contributed by atoms with E-state index in [4.69, 9.17) is 4.74 Å². The van der Waals surface area contributed by atoms with Gasteiger partial charge in [-0.25, -0.2) is 4.79 Å². The van der Waals surface area contributed by atoms with E-state index in [0.717, 1.165) is 18.7 Å². The van der Waals surface area contributed by atoms with Gasteiger partial charge >= 0.3 is 6.09 Å². The zero-order valence-corrected chi connectivity index (χ0v) is 14.6. The van der Waals surface area contributed by atoms with Crippen molar-refractivity contribution in [3.63, 3.8) is 0 Å². The molecule has 2 N–H and O–H groups in total. The molecule has 0 saturated heterocycles. The van der Waals surface area contributed by atoms with Crippen LogP contribution in [0.3, 0.4) is 0 Å². The number of ether oxygens (including phenoxy) is 1. The van der Waals surface area contributed by atoms with Gasteiger partial charge < -0.3 is 15.4 Å². The molecule has 1 aromatic rings. The molecule has 0 fully saturated rings. The highest BCUT2D eigenvalue weighted by atomic mass is 16.6. The highest BCUT2D eigenvalue weighted by Gasteiger charge is 2.21. The van der Waals surface area contributed by atoms with Gasteiger partial charge in [-0.05, 0) is 58.7 Å². The number of amides is 1. The number of hydrogen-bond donors (Lipinski definition) is 2. The topological polar surface area (TPSA) is 63.2 Å². The predicted molar refractivity (Wildman–Crippen MR) is 88.7 cm³/mol. The maximum Gasteiger partial charge on any atom is 0.407 e. The van der Waals surface area contributed by atoms with E-state index in [9.17, 15) is 4.79 Å². The number of nitrogens with zero attached hydrogens (tertiary/aromatic N) is 1. The highest BCUT2D eigenvalue weighted by molar-refractivity contribution is 5.68. The first-order valence-electron chi connectivity index (χ1n) is 7.85. The van der Waals surface area contributed by atoms with Gasteiger partial charge in [-0.15, -0.1) is 0 Å². The lowest BCUT2D eigenvalue weighted by Crippen LogP contribution is -2.49. The maximum atomic E-state index is 11.8. The Hall–Kier alpha value is -1.62. The standard InChI is InChI=1S/C17H29N3O2/c1-7-15(13(3)20-16(21)22-17(4,5)6)19-11-14-8-9-18-12(2)10-14/h8-10,13,15,19H,7,11H2,1-6H3,(H,20,21). The van der Waals surface area contributed by atoms with E-state index in [1.54, 1.807) is 0 Å². The number of nitrogens with one attached hydrogen (secondary N) is 2. The Morgan fingerprint density at radius 2 is 2.09 bits per heavy atom. The minimum Gasteiger partial charge on any atom is -0.444 e. The summed E-state index contributed by atoms with van der Waals surface area (Å²) in [5.41, 5.74) is 1.72. The fourth-order valence-corrected chi connectivity index (χ4v) is 2.23. The van der Waals surface area contributed by atoms with Crippen LogP contribution in [0.2, 0.25) is 0 Å². The summed E-state index contributed by atoms with van der Waals surface area (Å²) in [7, 11) is 0. The van der Waals surface area contributed by atoms with E-state index < -0.39 is 5.60 Å². The third-order valence-corrected chi connectivity index (χ3v) is 3.32. The lowest BCUT2D eigenvalue weighted by Gasteiger charge is -2.27. The summed E-state index contributed by atoms with van der Waals surface area (Å²) in [5, 5.41) is 6.38. The smallest absolute Gasteiger partial charge is 0.407 e. The predicted octanol–water partition coefficient (Wildman–Crippen LogP) is 3.17. The van der Waals surface area contributed by atoms with E-state index in [1.807, 2.05) is 46.9 Å². The monoisotopic (exact) mass is 307 g/mol. The van der Waals surface area contributed by atoms with Crippen molar-refractivity contribution < 1.29 is 9.53 Å². The second-order valence-electron chi connectivity index (χ2n) is 6.64. The first-order chi connectivity index (χ1) is 10.2. The molecule has 124 valence electrons. The second-order valence-corrected chi connectivity index (χ2v) is 6.64. The van der Waals surface area contributed by atoms with Crippen LogP contribution >= 0.6 is 0 Å². The van der Waals surface area contributed by atoms with Crippen molar-refractivity contribution >= 4 is 6.09 Å². The Morgan fingerprint density at radius 3 is 2.64 bits per heavy atom. The van der Waals surface area contributed by atoms with E-state index in [0.29, 0.717) is 0 Å². The number of pyridine rings is 1. The summed E-state index contributed by atoms with van der Waals surface area (Å²) in [6.45, 7) is 12.4. The normalized spacial score (nSPS) is 14.3. The van der Waals surface area contributed by atoms with Crippen molar-refractivity contribution in [2.24, 2.45) is 0 Å². The summed E-state index contributed by atoms with van der Waals surface area (Å²) in [5.74, 6) is 0. The molecule has 0 bridgehead atoms. The van der Waals surface area contributed by atoms with Crippen LogP contribution in [0.5, 0.6) is 0 Å². The van der Waals surface area contributed by atoms with Gasteiger partial charge in [0.2, 0.25) is 0 Å². The molecular weight excluding hydrogens is 278 g/mol. The average Bonchev–Trinajstić information content (AvgIpc) is 2.37. The van der Waals surface area contributed by atoms with Gasteiger partial charge in [0.05, 0.1) is 0 Å². The van der Waals surface area contributed by atoms with E-state index >= 15 is 0 Å². The molecule has 1 heterocycles. The SMILES string of the molecule is CCC(NCc1ccnc(C)c1)C(C)NC(=O)OC(C)(C)C. The fourth-order valence-electron chi connectivity index (χ4n) is 2.23. The minimum atomic E-state index is -0.479. The van der Waals surface area contributed by atoms with Crippen molar-refractivity contribution in [1.29, 1.82) is 0 Å². The third-order valence-electron chi connectivity index (χ3n) is 3.32. The maximum absolute atomic E-state index is 11.8. The van der Waals surface area contributed by atoms with Crippen LogP contribution in [-0.2, 0) is 11.3 Å². The van der Waals surface area contributed by atoms with Gasteiger partial charge in [0.15, 0.2) is 0 Å². The van der Waals surface area contributed by atoms with Crippen LogP contribution < -0.4 is 10.6 Å². The molecule has 5 heteroatoms. The third kappa shape index (κ3) is 6.89. The highest BCUT2D eigenvalue weighted by Crippen LogP contribution is 2.08. The molecule has 1 rings (SSSR count). The van der Waals surface area contributed by atoms with Crippen LogP contribution in [-0.4, -0.2) is 28.8 Å². The summed E-state index contributed by atoms with van der Waals surface area (Å²) in [6, 6.07) is 4.23. The lowest BCUT2D eigenvalue weighted by molar-refractivity contribution is 0.0497. The van der Waals surface area contributed by atoms with Crippen molar-refractivity contribution in [1.82, 2.24) is 15.6 Å². The summed E-state index contributed by atoms with van der Waals surface area (Å²) >= 11 is 0. The molecule has 0 saturated carbocycles. The van der Waals surface area contributed by atoms with Gasteiger partial charge in [-0.2, -0.15) is 0 Å². The number of rotatable bonds is 6. The minimum absolute atomic E-state index is 0.0113. The Balaban J connectivity index is 2.50. The van der Waals surface area contributed by atoms with Crippen LogP contribution in [0.1, 0.15) is 52.3 Å². The van der Waals surface area contributed by atoms with Crippen molar-refractivity contribution in [3.8, 4) is 0 Å². The van der Waals surface area contributed by atoms with Crippen LogP contribution in [0.25, 0.3) is 0 Å². The molecule has 0 aliphatic carbocycles. The van der Waals surface area contributed by atoms with E-state index in [-0.39, 0.29) is 18.2 Å². The number of aromatic nitrogens is 1. The Morgan fingerprint density at radius 1 is 1.41 bits per heavy atom. The number of hydrogen-bond acceptors (Lipinski definition) is 4. The van der Waals surface area contributed by atoms with E-state index in [1.165, 1.54) is 5.56 Å². The zero-order chi connectivity index (χ0) is 16.8. The fraction of sp³-hybridized carbons (Fsp3) is 0.647. The largest absolute Gasteiger partial charge is 0.444 e. The van der Waals surface area contributed by atoms with Crippen LogP contribution in [0.15, 0.2) is 18.3 Å². The first kappa shape index (κ1) is 18.4. The number of aryl methyl sites for hydroxylation is 1. The van der Waals surface area contributed by atoms with Crippen molar-refractivity contribution in [2.45, 2.75) is 72.2 Å². The van der Waals surface area contributed by atoms with Gasteiger partial charge in [0.25, 0.3) is 0 Å². The lowest BCUT2D eigenvalue weighted by atomic mass is 10.1. The number of carbonyl (C=O) groups is 1. The zero-order valence-electron chi connectivity index (χ0n) is 14.6. The summed E-state index contributed by atoms with van der Waals surface area (Å²) in [6.07, 6.45) is 2.36. The quantitative estimate of drug-likeness (QED) is 0.847. The molecule has 0 spiro atoms. The summed E-state index contributed by atoms with van der Waals surface area (Å²) < 4.78 is 5.30. The van der Waals surface area contributed by atoms with Gasteiger partial charge in [0, 0.05) is 30.5 Å². The van der Waals surface area contributed by atoms with Crippen LogP contribution in [0.4, 0.5) is 4.79 Å². The Labute approximate surface area is 133 Å². The van der Waals surface area contributed by atoms with Crippen LogP contribution in [0, 0.1) is 6.92 Å². The molecule has 2 unspecified atom stereocenters. The van der Waals surface area contributed by atoms with Gasteiger partial charge in [0.1, 0.15) is 5.60 Å². The molecule has 0 aliphatic rings. The first-order valence-corrected chi connectivity index (χ1v) is 7.85. The molecule has 22 heavy (non-hydrogen) atoms. The molecule has 5 nitrogen and oxygen atoms in total. The van der Waals surface area contributed by atoms with Crippen molar-refractivity contribution in [2.75, 3.05) is 0 Å². The molecule has 0 radical (unpaired) electrons. The number of carbonyl (C=O) groups excluding carboxylic acids is 1. The molecule has 1 amide bonds. The molecule has 0 aromatic carbocycles. The average molecular weight is 307 g/mol. The molecular formula is C17H29N3O2. The molecule has 0 aliphatic heterocycles. The Bertz CT molecular complexity index is 483. The molecule has 1 aromatic heterocycles. The number of alkyl carbamates (subject to hydrolysis) is 1. The summed E-state index contributed by atoms with van der Waals surface area (Å²) in [4.78, 5) is 16.0. The van der Waals surface area contributed by atoms with Crippen molar-refractivity contribution in [3.05, 3.63) is 29.6 Å². The second kappa shape index (κ2) is 8.13. The Kier molecular flexibility index (Phi) is 6.81.